The highest BCUT2D eigenvalue weighted by molar-refractivity contribution is 9.10. The molecular formula is C8H14BrN3. The zero-order valence-corrected chi connectivity index (χ0v) is 9.44. The Labute approximate surface area is 81.3 Å². The Balaban J connectivity index is 3.13. The molecule has 1 unspecified atom stereocenters. The van der Waals surface area contributed by atoms with E-state index in [-0.39, 0.29) is 0 Å². The van der Waals surface area contributed by atoms with E-state index in [2.05, 4.69) is 33.3 Å². The third-order valence-corrected chi connectivity index (χ3v) is 3.01. The average molecular weight is 232 g/mol. The van der Waals surface area contributed by atoms with E-state index in [4.69, 9.17) is 0 Å². The molecule has 0 aliphatic rings. The summed E-state index contributed by atoms with van der Waals surface area (Å²) in [6, 6.07) is 0.325. The van der Waals surface area contributed by atoms with Gasteiger partial charge in [0.05, 0.1) is 15.9 Å². The molecule has 4 heteroatoms. The Morgan fingerprint density at radius 2 is 2.17 bits per heavy atom. The topological polar surface area (TPSA) is 29.9 Å². The van der Waals surface area contributed by atoms with Gasteiger partial charge in [0.2, 0.25) is 0 Å². The van der Waals surface area contributed by atoms with Crippen LogP contribution in [0.5, 0.6) is 0 Å². The number of hydrogen-bond acceptors (Lipinski definition) is 2. The van der Waals surface area contributed by atoms with Crippen LogP contribution in [-0.4, -0.2) is 16.8 Å². The lowest BCUT2D eigenvalue weighted by Gasteiger charge is -2.10. The largest absolute Gasteiger partial charge is 0.312 e. The van der Waals surface area contributed by atoms with E-state index in [1.807, 2.05) is 25.7 Å². The van der Waals surface area contributed by atoms with Gasteiger partial charge in [-0.2, -0.15) is 5.10 Å². The van der Waals surface area contributed by atoms with Crippen molar-refractivity contribution >= 4 is 15.9 Å². The van der Waals surface area contributed by atoms with Crippen molar-refractivity contribution in [3.63, 3.8) is 0 Å². The van der Waals surface area contributed by atoms with Gasteiger partial charge in [0.15, 0.2) is 0 Å². The van der Waals surface area contributed by atoms with Crippen molar-refractivity contribution in [2.24, 2.45) is 7.05 Å². The second-order valence-electron chi connectivity index (χ2n) is 2.92. The average Bonchev–Trinajstić information content (AvgIpc) is 2.26. The molecule has 0 aliphatic heterocycles. The van der Waals surface area contributed by atoms with Crippen molar-refractivity contribution in [3.8, 4) is 0 Å². The first kappa shape index (κ1) is 9.74. The number of nitrogens with zero attached hydrogens (tertiary/aromatic N) is 2. The van der Waals surface area contributed by atoms with E-state index in [0.717, 1.165) is 10.2 Å². The Hall–Kier alpha value is -0.350. The molecule has 1 N–H and O–H groups in total. The van der Waals surface area contributed by atoms with Gasteiger partial charge in [-0.15, -0.1) is 0 Å². The molecule has 0 radical (unpaired) electrons. The van der Waals surface area contributed by atoms with Crippen molar-refractivity contribution in [1.29, 1.82) is 0 Å². The highest BCUT2D eigenvalue weighted by Crippen LogP contribution is 2.25. The van der Waals surface area contributed by atoms with E-state index in [1.54, 1.807) is 0 Å². The third kappa shape index (κ3) is 1.54. The van der Waals surface area contributed by atoms with E-state index < -0.39 is 0 Å². The number of halogens is 1. The molecule has 0 saturated heterocycles. The lowest BCUT2D eigenvalue weighted by Crippen LogP contribution is -2.16. The minimum Gasteiger partial charge on any atom is -0.312 e. The second kappa shape index (κ2) is 3.58. The summed E-state index contributed by atoms with van der Waals surface area (Å²) < 4.78 is 3.01. The Morgan fingerprint density at radius 1 is 1.58 bits per heavy atom. The van der Waals surface area contributed by atoms with Gasteiger partial charge in [-0.25, -0.2) is 0 Å². The lowest BCUT2D eigenvalue weighted by atomic mass is 10.2. The van der Waals surface area contributed by atoms with Gasteiger partial charge in [-0.1, -0.05) is 0 Å². The summed E-state index contributed by atoms with van der Waals surface area (Å²) >= 11 is 3.52. The Morgan fingerprint density at radius 3 is 2.50 bits per heavy atom. The van der Waals surface area contributed by atoms with Gasteiger partial charge in [0.25, 0.3) is 0 Å². The van der Waals surface area contributed by atoms with E-state index in [9.17, 15) is 0 Å². The number of rotatable bonds is 2. The highest BCUT2D eigenvalue weighted by Gasteiger charge is 2.14. The maximum atomic E-state index is 4.31. The van der Waals surface area contributed by atoms with Crippen LogP contribution < -0.4 is 5.32 Å². The van der Waals surface area contributed by atoms with Crippen molar-refractivity contribution in [2.75, 3.05) is 7.05 Å². The molecule has 1 aromatic rings. The molecule has 1 heterocycles. The summed E-state index contributed by atoms with van der Waals surface area (Å²) in [7, 11) is 3.90. The molecule has 1 atom stereocenters. The highest BCUT2D eigenvalue weighted by atomic mass is 79.9. The molecule has 0 fully saturated rings. The van der Waals surface area contributed by atoms with Crippen LogP contribution in [0.4, 0.5) is 0 Å². The van der Waals surface area contributed by atoms with Crippen molar-refractivity contribution in [2.45, 2.75) is 19.9 Å². The molecule has 0 spiro atoms. The van der Waals surface area contributed by atoms with Crippen LogP contribution in [-0.2, 0) is 7.05 Å². The van der Waals surface area contributed by atoms with Crippen LogP contribution in [0, 0.1) is 6.92 Å². The fourth-order valence-electron chi connectivity index (χ4n) is 1.26. The summed E-state index contributed by atoms with van der Waals surface area (Å²) in [5.41, 5.74) is 2.23. The summed E-state index contributed by atoms with van der Waals surface area (Å²) in [4.78, 5) is 0. The van der Waals surface area contributed by atoms with Crippen LogP contribution in [0.15, 0.2) is 4.47 Å². The smallest absolute Gasteiger partial charge is 0.0739 e. The molecule has 1 aromatic heterocycles. The monoisotopic (exact) mass is 231 g/mol. The van der Waals surface area contributed by atoms with Crippen LogP contribution in [0.2, 0.25) is 0 Å². The second-order valence-corrected chi connectivity index (χ2v) is 3.71. The molecule has 0 saturated carbocycles. The molecule has 0 aliphatic carbocycles. The SMILES string of the molecule is CNC(C)c1c(Br)c(C)nn1C. The molecule has 0 aromatic carbocycles. The van der Waals surface area contributed by atoms with Crippen LogP contribution >= 0.6 is 15.9 Å². The summed E-state index contributed by atoms with van der Waals surface area (Å²) in [6.07, 6.45) is 0. The summed E-state index contributed by atoms with van der Waals surface area (Å²) in [5, 5.41) is 7.49. The maximum absolute atomic E-state index is 4.31. The molecule has 0 bridgehead atoms. The number of hydrogen-bond donors (Lipinski definition) is 1. The van der Waals surface area contributed by atoms with Crippen LogP contribution in [0.3, 0.4) is 0 Å². The summed E-state index contributed by atoms with van der Waals surface area (Å²) in [5.74, 6) is 0. The third-order valence-electron chi connectivity index (χ3n) is 2.03. The van der Waals surface area contributed by atoms with Gasteiger partial charge < -0.3 is 5.32 Å². The molecule has 68 valence electrons. The Kier molecular flexibility index (Phi) is 2.90. The quantitative estimate of drug-likeness (QED) is 0.842. The van der Waals surface area contributed by atoms with E-state index in [1.165, 1.54) is 5.69 Å². The summed E-state index contributed by atoms with van der Waals surface area (Å²) in [6.45, 7) is 4.11. The normalized spacial score (nSPS) is 13.4. The van der Waals surface area contributed by atoms with E-state index >= 15 is 0 Å². The minimum absolute atomic E-state index is 0.325. The predicted molar refractivity (Wildman–Crippen MR) is 53.1 cm³/mol. The maximum Gasteiger partial charge on any atom is 0.0739 e. The first-order valence-electron chi connectivity index (χ1n) is 3.94. The molecule has 12 heavy (non-hydrogen) atoms. The molecule has 3 nitrogen and oxygen atoms in total. The first-order valence-corrected chi connectivity index (χ1v) is 4.73. The van der Waals surface area contributed by atoms with Gasteiger partial charge in [-0.3, -0.25) is 4.68 Å². The van der Waals surface area contributed by atoms with Crippen LogP contribution in [0.1, 0.15) is 24.4 Å². The fraction of sp³-hybridized carbons (Fsp3) is 0.625. The molecular weight excluding hydrogens is 218 g/mol. The first-order chi connectivity index (χ1) is 5.57. The molecule has 1 rings (SSSR count). The molecule has 0 amide bonds. The van der Waals surface area contributed by atoms with Gasteiger partial charge in [0, 0.05) is 13.1 Å². The van der Waals surface area contributed by atoms with Gasteiger partial charge >= 0.3 is 0 Å². The number of aromatic nitrogens is 2. The predicted octanol–water partition coefficient (Wildman–Crippen LogP) is 1.77. The van der Waals surface area contributed by atoms with Crippen molar-refractivity contribution in [3.05, 3.63) is 15.9 Å². The van der Waals surface area contributed by atoms with Gasteiger partial charge in [-0.05, 0) is 36.8 Å². The standard InChI is InChI=1S/C8H14BrN3/c1-5-7(9)8(6(2)10-3)12(4)11-5/h6,10H,1-4H3. The minimum atomic E-state index is 0.325. The van der Waals surface area contributed by atoms with Crippen LogP contribution in [0.25, 0.3) is 0 Å². The van der Waals surface area contributed by atoms with Crippen molar-refractivity contribution < 1.29 is 0 Å². The number of nitrogens with one attached hydrogen (secondary N) is 1. The lowest BCUT2D eigenvalue weighted by molar-refractivity contribution is 0.576. The number of aryl methyl sites for hydroxylation is 2. The van der Waals surface area contributed by atoms with E-state index in [0.29, 0.717) is 6.04 Å². The van der Waals surface area contributed by atoms with Crippen molar-refractivity contribution in [1.82, 2.24) is 15.1 Å². The zero-order chi connectivity index (χ0) is 9.30. The fourth-order valence-corrected chi connectivity index (χ4v) is 1.94. The zero-order valence-electron chi connectivity index (χ0n) is 7.85. The van der Waals surface area contributed by atoms with Gasteiger partial charge in [0.1, 0.15) is 0 Å². The Bertz CT molecular complexity index is 280.